The van der Waals surface area contributed by atoms with E-state index in [0.717, 1.165) is 35.8 Å². The minimum Gasteiger partial charge on any atom is -0.494 e. The SMILES string of the molecule is CCCCCCCCCCCCCCCCOc1ccc(N=Cc2ccc(OCC)cc2)cc1. The molecule has 0 bridgehead atoms. The number of aliphatic imine (C=N–C) groups is 1. The maximum atomic E-state index is 5.90. The van der Waals surface area contributed by atoms with Gasteiger partial charge in [0.15, 0.2) is 0 Å². The molecule has 0 amide bonds. The molecule has 0 aromatic heterocycles. The van der Waals surface area contributed by atoms with Crippen LogP contribution in [0.5, 0.6) is 11.5 Å². The number of hydrogen-bond acceptors (Lipinski definition) is 3. The first-order valence-electron chi connectivity index (χ1n) is 13.8. The Morgan fingerprint density at radius 3 is 1.56 bits per heavy atom. The second-order valence-electron chi connectivity index (χ2n) is 9.20. The van der Waals surface area contributed by atoms with Gasteiger partial charge in [-0.05, 0) is 67.4 Å². The summed E-state index contributed by atoms with van der Waals surface area (Å²) in [6.07, 6.45) is 21.2. The summed E-state index contributed by atoms with van der Waals surface area (Å²) in [7, 11) is 0. The third kappa shape index (κ3) is 13.4. The summed E-state index contributed by atoms with van der Waals surface area (Å²) in [5, 5.41) is 0. The molecule has 0 N–H and O–H groups in total. The molecule has 0 aliphatic rings. The van der Waals surface area contributed by atoms with Gasteiger partial charge < -0.3 is 9.47 Å². The molecule has 34 heavy (non-hydrogen) atoms. The first-order chi connectivity index (χ1) is 16.8. The smallest absolute Gasteiger partial charge is 0.119 e. The summed E-state index contributed by atoms with van der Waals surface area (Å²) in [5.41, 5.74) is 1.99. The standard InChI is InChI=1S/C31H47NO2/c1-3-5-6-7-8-9-10-11-12-13-14-15-16-17-26-34-31-24-20-29(21-25-31)32-27-28-18-22-30(23-19-28)33-4-2/h18-25,27H,3-17,26H2,1-2H3. The Bertz CT molecular complexity index is 752. The number of unbranched alkanes of at least 4 members (excludes halogenated alkanes) is 13. The number of hydrogen-bond donors (Lipinski definition) is 0. The van der Waals surface area contributed by atoms with Gasteiger partial charge in [-0.3, -0.25) is 4.99 Å². The fourth-order valence-corrected chi connectivity index (χ4v) is 4.08. The lowest BCUT2D eigenvalue weighted by Crippen LogP contribution is -1.97. The van der Waals surface area contributed by atoms with Gasteiger partial charge in [0.25, 0.3) is 0 Å². The van der Waals surface area contributed by atoms with E-state index in [1.807, 2.05) is 61.7 Å². The van der Waals surface area contributed by atoms with E-state index in [0.29, 0.717) is 6.61 Å². The molecule has 3 nitrogen and oxygen atoms in total. The molecule has 2 aromatic rings. The van der Waals surface area contributed by atoms with Crippen LogP contribution in [0.15, 0.2) is 53.5 Å². The molecule has 2 aromatic carbocycles. The van der Waals surface area contributed by atoms with Gasteiger partial charge in [-0.1, -0.05) is 90.4 Å². The molecule has 3 heteroatoms. The average molecular weight is 466 g/mol. The zero-order valence-electron chi connectivity index (χ0n) is 21.8. The maximum absolute atomic E-state index is 5.90. The second kappa shape index (κ2) is 19.1. The van der Waals surface area contributed by atoms with Crippen molar-refractivity contribution in [2.45, 2.75) is 104 Å². The summed E-state index contributed by atoms with van der Waals surface area (Å²) >= 11 is 0. The van der Waals surface area contributed by atoms with Crippen molar-refractivity contribution >= 4 is 11.9 Å². The Morgan fingerprint density at radius 1 is 0.559 bits per heavy atom. The Hall–Kier alpha value is -2.29. The highest BCUT2D eigenvalue weighted by molar-refractivity contribution is 5.82. The molecule has 0 unspecified atom stereocenters. The van der Waals surface area contributed by atoms with Crippen LogP contribution in [0.4, 0.5) is 5.69 Å². The third-order valence-corrected chi connectivity index (χ3v) is 6.16. The number of ether oxygens (including phenoxy) is 2. The minimum atomic E-state index is 0.682. The van der Waals surface area contributed by atoms with Gasteiger partial charge in [0.2, 0.25) is 0 Å². The molecule has 0 saturated heterocycles. The van der Waals surface area contributed by atoms with E-state index >= 15 is 0 Å². The summed E-state index contributed by atoms with van der Waals surface area (Å²) in [6, 6.07) is 16.0. The van der Waals surface area contributed by atoms with Crippen molar-refractivity contribution in [3.63, 3.8) is 0 Å². The molecular formula is C31H47NO2. The van der Waals surface area contributed by atoms with Crippen molar-refractivity contribution in [1.82, 2.24) is 0 Å². The van der Waals surface area contributed by atoms with Crippen LogP contribution in [-0.2, 0) is 0 Å². The second-order valence-corrected chi connectivity index (χ2v) is 9.20. The van der Waals surface area contributed by atoms with Crippen LogP contribution in [0.2, 0.25) is 0 Å². The lowest BCUT2D eigenvalue weighted by molar-refractivity contribution is 0.304. The monoisotopic (exact) mass is 465 g/mol. The highest BCUT2D eigenvalue weighted by Gasteiger charge is 1.97. The van der Waals surface area contributed by atoms with Crippen molar-refractivity contribution < 1.29 is 9.47 Å². The normalized spacial score (nSPS) is 11.2. The summed E-state index contributed by atoms with van der Waals surface area (Å²) in [5.74, 6) is 1.81. The van der Waals surface area contributed by atoms with Gasteiger partial charge in [0.1, 0.15) is 11.5 Å². The van der Waals surface area contributed by atoms with Gasteiger partial charge in [0.05, 0.1) is 18.9 Å². The van der Waals surface area contributed by atoms with Crippen LogP contribution >= 0.6 is 0 Å². The van der Waals surface area contributed by atoms with Crippen LogP contribution in [0.25, 0.3) is 0 Å². The van der Waals surface area contributed by atoms with Crippen molar-refractivity contribution in [1.29, 1.82) is 0 Å². The van der Waals surface area contributed by atoms with E-state index in [4.69, 9.17) is 9.47 Å². The van der Waals surface area contributed by atoms with Crippen molar-refractivity contribution in [3.8, 4) is 11.5 Å². The average Bonchev–Trinajstić information content (AvgIpc) is 2.87. The van der Waals surface area contributed by atoms with Crippen LogP contribution in [0.1, 0.15) is 109 Å². The summed E-state index contributed by atoms with van der Waals surface area (Å²) in [6.45, 7) is 5.76. The van der Waals surface area contributed by atoms with Gasteiger partial charge in [0, 0.05) is 6.21 Å². The van der Waals surface area contributed by atoms with E-state index in [1.54, 1.807) is 0 Å². The van der Waals surface area contributed by atoms with E-state index in [2.05, 4.69) is 11.9 Å². The highest BCUT2D eigenvalue weighted by atomic mass is 16.5. The van der Waals surface area contributed by atoms with Crippen molar-refractivity contribution in [2.24, 2.45) is 4.99 Å². The summed E-state index contributed by atoms with van der Waals surface area (Å²) < 4.78 is 11.4. The molecule has 0 atom stereocenters. The molecular weight excluding hydrogens is 418 g/mol. The Morgan fingerprint density at radius 2 is 1.03 bits per heavy atom. The van der Waals surface area contributed by atoms with Crippen LogP contribution in [-0.4, -0.2) is 19.4 Å². The van der Waals surface area contributed by atoms with E-state index < -0.39 is 0 Å². The molecule has 0 aliphatic heterocycles. The zero-order valence-corrected chi connectivity index (χ0v) is 21.8. The van der Waals surface area contributed by atoms with Gasteiger partial charge in [-0.15, -0.1) is 0 Å². The first-order valence-corrected chi connectivity index (χ1v) is 13.8. The fraction of sp³-hybridized carbons (Fsp3) is 0.581. The van der Waals surface area contributed by atoms with Gasteiger partial charge in [-0.2, -0.15) is 0 Å². The predicted molar refractivity (Wildman–Crippen MR) is 147 cm³/mol. The van der Waals surface area contributed by atoms with Crippen LogP contribution in [0, 0.1) is 0 Å². The van der Waals surface area contributed by atoms with Crippen molar-refractivity contribution in [3.05, 3.63) is 54.1 Å². The largest absolute Gasteiger partial charge is 0.494 e. The molecule has 2 rings (SSSR count). The van der Waals surface area contributed by atoms with Gasteiger partial charge in [-0.25, -0.2) is 0 Å². The third-order valence-electron chi connectivity index (χ3n) is 6.16. The van der Waals surface area contributed by atoms with E-state index in [-0.39, 0.29) is 0 Å². The Balaban J connectivity index is 1.46. The van der Waals surface area contributed by atoms with E-state index in [9.17, 15) is 0 Å². The van der Waals surface area contributed by atoms with Crippen molar-refractivity contribution in [2.75, 3.05) is 13.2 Å². The molecule has 0 heterocycles. The Kier molecular flexibility index (Phi) is 15.7. The highest BCUT2D eigenvalue weighted by Crippen LogP contribution is 2.19. The molecule has 0 aliphatic carbocycles. The molecule has 188 valence electrons. The van der Waals surface area contributed by atoms with Crippen LogP contribution < -0.4 is 9.47 Å². The molecule has 0 saturated carbocycles. The minimum absolute atomic E-state index is 0.682. The molecule has 0 spiro atoms. The Labute approximate surface area is 209 Å². The van der Waals surface area contributed by atoms with Crippen LogP contribution in [0.3, 0.4) is 0 Å². The number of benzene rings is 2. The fourth-order valence-electron chi connectivity index (χ4n) is 4.08. The molecule has 0 radical (unpaired) electrons. The topological polar surface area (TPSA) is 30.8 Å². The predicted octanol–water partition coefficient (Wildman–Crippen LogP) is 9.70. The molecule has 0 fully saturated rings. The number of nitrogens with zero attached hydrogens (tertiary/aromatic N) is 1. The lowest BCUT2D eigenvalue weighted by atomic mass is 10.0. The zero-order chi connectivity index (χ0) is 24.1. The quantitative estimate of drug-likeness (QED) is 0.144. The first kappa shape index (κ1) is 28.0. The lowest BCUT2D eigenvalue weighted by Gasteiger charge is -2.06. The van der Waals surface area contributed by atoms with E-state index in [1.165, 1.54) is 83.5 Å². The summed E-state index contributed by atoms with van der Waals surface area (Å²) in [4.78, 5) is 4.55. The maximum Gasteiger partial charge on any atom is 0.119 e. The van der Waals surface area contributed by atoms with Gasteiger partial charge >= 0.3 is 0 Å². The number of rotatable bonds is 20.